The molecule has 0 spiro atoms. The highest BCUT2D eigenvalue weighted by Crippen LogP contribution is 2.41. The molecule has 1 amide bonds. The van der Waals surface area contributed by atoms with Crippen LogP contribution in [0.2, 0.25) is 5.02 Å². The number of aliphatic imine (C=N–C) groups is 1. The normalized spacial score (nSPS) is 24.5. The molecule has 0 aromatic heterocycles. The van der Waals surface area contributed by atoms with Crippen molar-refractivity contribution in [3.05, 3.63) is 64.7 Å². The molecule has 2 aliphatic heterocycles. The number of hydrogen-bond donors (Lipinski definition) is 0. The first kappa shape index (κ1) is 19.5. The lowest BCUT2D eigenvalue weighted by molar-refractivity contribution is -0.117. The molecular weight excluding hydrogens is 416 g/mol. The Hall–Kier alpha value is -1.83. The second-order valence-electron chi connectivity index (χ2n) is 7.10. The van der Waals surface area contributed by atoms with Crippen LogP contribution in [0.3, 0.4) is 0 Å². The Bertz CT molecular complexity index is 1030. The van der Waals surface area contributed by atoms with E-state index in [4.69, 9.17) is 11.6 Å². The van der Waals surface area contributed by atoms with E-state index in [1.54, 1.807) is 24.3 Å². The molecule has 2 aliphatic rings. The van der Waals surface area contributed by atoms with Crippen LogP contribution in [0, 0.1) is 6.92 Å². The lowest BCUT2D eigenvalue weighted by atomic mass is 10.1. The van der Waals surface area contributed by atoms with Gasteiger partial charge in [-0.1, -0.05) is 53.2 Å². The molecule has 2 fully saturated rings. The summed E-state index contributed by atoms with van der Waals surface area (Å²) in [6, 6.07) is 14.8. The molecule has 8 heteroatoms. The smallest absolute Gasteiger partial charge is 0.252 e. The summed E-state index contributed by atoms with van der Waals surface area (Å²) in [5, 5.41) is 1.09. The van der Waals surface area contributed by atoms with E-state index in [9.17, 15) is 13.2 Å². The maximum absolute atomic E-state index is 12.6. The predicted octanol–water partition coefficient (Wildman–Crippen LogP) is 3.49. The summed E-state index contributed by atoms with van der Waals surface area (Å²) < 4.78 is 24.2. The molecule has 5 nitrogen and oxygen atoms in total. The summed E-state index contributed by atoms with van der Waals surface area (Å²) in [5.74, 6) is -0.0531. The maximum Gasteiger partial charge on any atom is 0.252 e. The number of fused-ring (bicyclic) bond motifs is 1. The molecule has 28 heavy (non-hydrogen) atoms. The summed E-state index contributed by atoms with van der Waals surface area (Å²) in [6.07, 6.45) is 0.177. The zero-order valence-electron chi connectivity index (χ0n) is 15.2. The summed E-state index contributed by atoms with van der Waals surface area (Å²) >= 11 is 7.28. The fourth-order valence-electron chi connectivity index (χ4n) is 3.49. The molecule has 0 N–H and O–H groups in total. The molecule has 0 unspecified atom stereocenters. The van der Waals surface area contributed by atoms with E-state index in [0.717, 1.165) is 16.8 Å². The van der Waals surface area contributed by atoms with E-state index < -0.39 is 9.84 Å². The van der Waals surface area contributed by atoms with Crippen molar-refractivity contribution in [1.82, 2.24) is 0 Å². The lowest BCUT2D eigenvalue weighted by Gasteiger charge is -2.24. The Balaban J connectivity index is 1.62. The van der Waals surface area contributed by atoms with E-state index in [-0.39, 0.29) is 35.1 Å². The highest BCUT2D eigenvalue weighted by molar-refractivity contribution is 8.16. The number of nitrogens with zero attached hydrogens (tertiary/aromatic N) is 2. The van der Waals surface area contributed by atoms with Crippen LogP contribution < -0.4 is 4.90 Å². The number of hydrogen-bond acceptors (Lipinski definition) is 4. The van der Waals surface area contributed by atoms with Gasteiger partial charge in [0, 0.05) is 16.0 Å². The van der Waals surface area contributed by atoms with Crippen LogP contribution in [-0.2, 0) is 21.1 Å². The second kappa shape index (κ2) is 7.54. The Kier molecular flexibility index (Phi) is 5.24. The van der Waals surface area contributed by atoms with Gasteiger partial charge in [0.05, 0.1) is 24.0 Å². The van der Waals surface area contributed by atoms with Crippen molar-refractivity contribution in [1.29, 1.82) is 0 Å². The molecule has 0 bridgehead atoms. The SMILES string of the molecule is Cc1ccc(N2C(=NC(=O)Cc3ccc(Cl)cc3)S[C@@H]3CS(=O)(=O)C[C@@H]32)cc1. The molecular formula is C20H19ClN2O3S2. The van der Waals surface area contributed by atoms with Gasteiger partial charge >= 0.3 is 0 Å². The van der Waals surface area contributed by atoms with Gasteiger partial charge in [-0.15, -0.1) is 0 Å². The molecule has 4 rings (SSSR count). The number of benzene rings is 2. The second-order valence-corrected chi connectivity index (χ2v) is 10.9. The number of anilines is 1. The molecule has 0 radical (unpaired) electrons. The average Bonchev–Trinajstić information content (AvgIpc) is 3.09. The molecule has 0 saturated carbocycles. The Morgan fingerprint density at radius 1 is 1.14 bits per heavy atom. The topological polar surface area (TPSA) is 66.8 Å². The molecule has 2 atom stereocenters. The van der Waals surface area contributed by atoms with Gasteiger partial charge in [-0.25, -0.2) is 8.42 Å². The van der Waals surface area contributed by atoms with Crippen molar-refractivity contribution in [3.63, 3.8) is 0 Å². The number of halogens is 1. The number of amides is 1. The van der Waals surface area contributed by atoms with Gasteiger partial charge in [-0.2, -0.15) is 4.99 Å². The quantitative estimate of drug-likeness (QED) is 0.739. The zero-order chi connectivity index (χ0) is 19.9. The van der Waals surface area contributed by atoms with Crippen LogP contribution in [0.25, 0.3) is 0 Å². The third-order valence-electron chi connectivity index (χ3n) is 4.87. The van der Waals surface area contributed by atoms with Crippen LogP contribution in [0.15, 0.2) is 53.5 Å². The Morgan fingerprint density at radius 3 is 2.50 bits per heavy atom. The molecule has 146 valence electrons. The number of aryl methyl sites for hydroxylation is 1. The number of carbonyl (C=O) groups excluding carboxylic acids is 1. The minimum absolute atomic E-state index is 0.0862. The molecule has 2 aromatic carbocycles. The monoisotopic (exact) mass is 434 g/mol. The van der Waals surface area contributed by atoms with Gasteiger partial charge in [0.2, 0.25) is 0 Å². The van der Waals surface area contributed by atoms with Crippen LogP contribution >= 0.6 is 23.4 Å². The number of sulfone groups is 1. The van der Waals surface area contributed by atoms with Gasteiger partial charge in [-0.3, -0.25) is 4.79 Å². The number of amidine groups is 1. The van der Waals surface area contributed by atoms with E-state index in [1.165, 1.54) is 11.8 Å². The Labute approximate surface area is 173 Å². The van der Waals surface area contributed by atoms with Gasteiger partial charge in [0.1, 0.15) is 0 Å². The summed E-state index contributed by atoms with van der Waals surface area (Å²) in [5.41, 5.74) is 2.82. The Morgan fingerprint density at radius 2 is 1.82 bits per heavy atom. The molecule has 2 heterocycles. The maximum atomic E-state index is 12.6. The highest BCUT2D eigenvalue weighted by atomic mass is 35.5. The highest BCUT2D eigenvalue weighted by Gasteiger charge is 2.49. The van der Waals surface area contributed by atoms with Crippen LogP contribution in [0.4, 0.5) is 5.69 Å². The third kappa shape index (κ3) is 4.11. The van der Waals surface area contributed by atoms with Gasteiger partial charge in [-0.05, 0) is 36.8 Å². The fraction of sp³-hybridized carbons (Fsp3) is 0.300. The zero-order valence-corrected chi connectivity index (χ0v) is 17.6. The van der Waals surface area contributed by atoms with Gasteiger partial charge in [0.25, 0.3) is 5.91 Å². The standard InChI is InChI=1S/C20H19ClN2O3S2/c1-13-2-8-16(9-3-13)23-17-11-28(25,26)12-18(17)27-20(23)22-19(24)10-14-4-6-15(21)7-5-14/h2-9,17-18H,10-12H2,1H3/t17-,18+/m0/s1. The lowest BCUT2D eigenvalue weighted by Crippen LogP contribution is -2.37. The first-order valence-electron chi connectivity index (χ1n) is 8.90. The van der Waals surface area contributed by atoms with Crippen molar-refractivity contribution in [3.8, 4) is 0 Å². The largest absolute Gasteiger partial charge is 0.316 e. The van der Waals surface area contributed by atoms with Gasteiger partial charge in [0.15, 0.2) is 15.0 Å². The van der Waals surface area contributed by atoms with E-state index in [2.05, 4.69) is 4.99 Å². The van der Waals surface area contributed by atoms with Crippen LogP contribution in [0.1, 0.15) is 11.1 Å². The van der Waals surface area contributed by atoms with Crippen molar-refractivity contribution in [2.75, 3.05) is 16.4 Å². The predicted molar refractivity (Wildman–Crippen MR) is 115 cm³/mol. The summed E-state index contributed by atoms with van der Waals surface area (Å²) in [7, 11) is -3.07. The molecule has 0 aliphatic carbocycles. The molecule has 2 aromatic rings. The van der Waals surface area contributed by atoms with E-state index in [0.29, 0.717) is 10.2 Å². The van der Waals surface area contributed by atoms with Gasteiger partial charge < -0.3 is 4.90 Å². The first-order valence-corrected chi connectivity index (χ1v) is 12.0. The van der Waals surface area contributed by atoms with Crippen LogP contribution in [0.5, 0.6) is 0 Å². The van der Waals surface area contributed by atoms with Crippen molar-refractivity contribution >= 4 is 50.0 Å². The van der Waals surface area contributed by atoms with Crippen molar-refractivity contribution in [2.45, 2.75) is 24.6 Å². The number of rotatable bonds is 3. The number of thioether (sulfide) groups is 1. The summed E-state index contributed by atoms with van der Waals surface area (Å²) in [6.45, 7) is 2.00. The van der Waals surface area contributed by atoms with E-state index in [1.807, 2.05) is 36.1 Å². The molecule has 2 saturated heterocycles. The third-order valence-corrected chi connectivity index (χ3v) is 8.33. The fourth-order valence-corrected chi connectivity index (χ4v) is 7.55. The number of carbonyl (C=O) groups is 1. The van der Waals surface area contributed by atoms with Crippen molar-refractivity contribution in [2.24, 2.45) is 4.99 Å². The van der Waals surface area contributed by atoms with Crippen LogP contribution in [-0.4, -0.2) is 42.3 Å². The minimum atomic E-state index is -3.07. The first-order chi connectivity index (χ1) is 13.3. The average molecular weight is 435 g/mol. The van der Waals surface area contributed by atoms with E-state index >= 15 is 0 Å². The summed E-state index contributed by atoms with van der Waals surface area (Å²) in [4.78, 5) is 18.8. The minimum Gasteiger partial charge on any atom is -0.316 e. The van der Waals surface area contributed by atoms with Crippen molar-refractivity contribution < 1.29 is 13.2 Å².